The van der Waals surface area contributed by atoms with Crippen molar-refractivity contribution in [2.45, 2.75) is 59.3 Å². The zero-order valence-electron chi connectivity index (χ0n) is 12.4. The molecule has 3 heteroatoms. The van der Waals surface area contributed by atoms with E-state index >= 15 is 0 Å². The van der Waals surface area contributed by atoms with Gasteiger partial charge in [0.05, 0.1) is 0 Å². The monoisotopic (exact) mass is 254 g/mol. The largest absolute Gasteiger partial charge is 0.343 e. The van der Waals surface area contributed by atoms with Gasteiger partial charge in [-0.25, -0.2) is 0 Å². The van der Waals surface area contributed by atoms with E-state index in [4.69, 9.17) is 5.73 Å². The van der Waals surface area contributed by atoms with Crippen LogP contribution in [0.25, 0.3) is 0 Å². The number of nitrogens with zero attached hydrogens (tertiary/aromatic N) is 1. The first kappa shape index (κ1) is 15.5. The van der Waals surface area contributed by atoms with Gasteiger partial charge in [0, 0.05) is 19.5 Å². The number of amides is 1. The number of carbonyl (C=O) groups excluding carboxylic acids is 1. The highest BCUT2D eigenvalue weighted by Crippen LogP contribution is 2.23. The van der Waals surface area contributed by atoms with Crippen LogP contribution in [0.1, 0.15) is 59.3 Å². The van der Waals surface area contributed by atoms with Crippen LogP contribution >= 0.6 is 0 Å². The Morgan fingerprint density at radius 1 is 1.39 bits per heavy atom. The summed E-state index contributed by atoms with van der Waals surface area (Å²) in [5, 5.41) is 0. The second kappa shape index (κ2) is 7.13. The van der Waals surface area contributed by atoms with Crippen molar-refractivity contribution in [3.8, 4) is 0 Å². The van der Waals surface area contributed by atoms with Crippen LogP contribution in [0.5, 0.6) is 0 Å². The van der Waals surface area contributed by atoms with Gasteiger partial charge in [-0.05, 0) is 43.6 Å². The molecule has 0 aromatic rings. The molecule has 1 fully saturated rings. The van der Waals surface area contributed by atoms with Crippen molar-refractivity contribution < 1.29 is 4.79 Å². The Hall–Kier alpha value is -0.570. The van der Waals surface area contributed by atoms with Gasteiger partial charge in [0.25, 0.3) is 0 Å². The molecule has 1 heterocycles. The van der Waals surface area contributed by atoms with Gasteiger partial charge in [-0.3, -0.25) is 4.79 Å². The minimum absolute atomic E-state index is 0.209. The molecular formula is C15H30N2O. The van der Waals surface area contributed by atoms with E-state index in [0.29, 0.717) is 5.91 Å². The van der Waals surface area contributed by atoms with Gasteiger partial charge in [-0.1, -0.05) is 27.2 Å². The third-order valence-electron chi connectivity index (χ3n) is 4.34. The number of nitrogens with two attached hydrogens (primary N) is 1. The summed E-state index contributed by atoms with van der Waals surface area (Å²) in [6.45, 7) is 9.22. The van der Waals surface area contributed by atoms with Crippen molar-refractivity contribution in [1.82, 2.24) is 4.90 Å². The van der Waals surface area contributed by atoms with Gasteiger partial charge in [0.2, 0.25) is 5.91 Å². The van der Waals surface area contributed by atoms with E-state index in [2.05, 4.69) is 25.7 Å². The van der Waals surface area contributed by atoms with Gasteiger partial charge in [0.15, 0.2) is 0 Å². The Bertz CT molecular complexity index is 263. The average Bonchev–Trinajstić information content (AvgIpc) is 2.52. The standard InChI is InChI=1S/C15H30N2O/c1-4-13-6-7-14(18)17(11-8-13)10-5-9-15(2,3)12-16/h13H,4-12,16H2,1-3H3. The van der Waals surface area contributed by atoms with Gasteiger partial charge < -0.3 is 10.6 Å². The molecule has 0 bridgehead atoms. The van der Waals surface area contributed by atoms with Gasteiger partial charge in [-0.15, -0.1) is 0 Å². The predicted molar refractivity (Wildman–Crippen MR) is 76.3 cm³/mol. The van der Waals surface area contributed by atoms with Crippen LogP contribution in [0.3, 0.4) is 0 Å². The van der Waals surface area contributed by atoms with Crippen molar-refractivity contribution in [3.05, 3.63) is 0 Å². The molecule has 0 aromatic carbocycles. The molecule has 1 unspecified atom stereocenters. The molecule has 0 aliphatic carbocycles. The molecule has 2 N–H and O–H groups in total. The lowest BCUT2D eigenvalue weighted by atomic mass is 9.88. The molecule has 0 radical (unpaired) electrons. The Morgan fingerprint density at radius 2 is 2.11 bits per heavy atom. The maximum Gasteiger partial charge on any atom is 0.222 e. The lowest BCUT2D eigenvalue weighted by molar-refractivity contribution is -0.130. The Morgan fingerprint density at radius 3 is 2.72 bits per heavy atom. The molecule has 0 saturated carbocycles. The lowest BCUT2D eigenvalue weighted by Crippen LogP contribution is -2.32. The fourth-order valence-electron chi connectivity index (χ4n) is 2.59. The van der Waals surface area contributed by atoms with Crippen molar-refractivity contribution >= 4 is 5.91 Å². The summed E-state index contributed by atoms with van der Waals surface area (Å²) < 4.78 is 0. The molecule has 1 saturated heterocycles. The maximum absolute atomic E-state index is 12.0. The summed E-state index contributed by atoms with van der Waals surface area (Å²) in [6, 6.07) is 0. The smallest absolute Gasteiger partial charge is 0.222 e. The molecule has 1 rings (SSSR count). The van der Waals surface area contributed by atoms with Crippen LogP contribution in [-0.2, 0) is 4.79 Å². The molecule has 1 amide bonds. The summed E-state index contributed by atoms with van der Waals surface area (Å²) >= 11 is 0. The SMILES string of the molecule is CCC1CCC(=O)N(CCCC(C)(C)CN)CC1. The normalized spacial score (nSPS) is 22.1. The highest BCUT2D eigenvalue weighted by molar-refractivity contribution is 5.76. The summed E-state index contributed by atoms with van der Waals surface area (Å²) in [7, 11) is 0. The topological polar surface area (TPSA) is 46.3 Å². The maximum atomic E-state index is 12.0. The first-order valence-corrected chi connectivity index (χ1v) is 7.46. The minimum atomic E-state index is 0.209. The third kappa shape index (κ3) is 4.97. The van der Waals surface area contributed by atoms with Crippen LogP contribution in [0.2, 0.25) is 0 Å². The minimum Gasteiger partial charge on any atom is -0.343 e. The van der Waals surface area contributed by atoms with Gasteiger partial charge in [0.1, 0.15) is 0 Å². The number of carbonyl (C=O) groups is 1. The average molecular weight is 254 g/mol. The second-order valence-corrected chi connectivity index (χ2v) is 6.45. The molecule has 0 spiro atoms. The zero-order chi connectivity index (χ0) is 13.6. The molecule has 1 aliphatic heterocycles. The molecule has 106 valence electrons. The molecule has 3 nitrogen and oxygen atoms in total. The van der Waals surface area contributed by atoms with Crippen molar-refractivity contribution in [3.63, 3.8) is 0 Å². The number of hydrogen-bond donors (Lipinski definition) is 1. The molecule has 1 atom stereocenters. The molecular weight excluding hydrogens is 224 g/mol. The highest BCUT2D eigenvalue weighted by atomic mass is 16.2. The van der Waals surface area contributed by atoms with Crippen molar-refractivity contribution in [2.24, 2.45) is 17.1 Å². The Balaban J connectivity index is 2.35. The van der Waals surface area contributed by atoms with E-state index < -0.39 is 0 Å². The molecule has 0 aromatic heterocycles. The first-order chi connectivity index (χ1) is 8.48. The Labute approximate surface area is 112 Å². The Kier molecular flexibility index (Phi) is 6.13. The molecule has 1 aliphatic rings. The van der Waals surface area contributed by atoms with E-state index in [1.807, 2.05) is 0 Å². The van der Waals surface area contributed by atoms with Crippen LogP contribution in [0.15, 0.2) is 0 Å². The van der Waals surface area contributed by atoms with E-state index in [-0.39, 0.29) is 5.41 Å². The lowest BCUT2D eigenvalue weighted by Gasteiger charge is -2.25. The second-order valence-electron chi connectivity index (χ2n) is 6.45. The van der Waals surface area contributed by atoms with E-state index in [9.17, 15) is 4.79 Å². The molecule has 18 heavy (non-hydrogen) atoms. The third-order valence-corrected chi connectivity index (χ3v) is 4.34. The summed E-state index contributed by atoms with van der Waals surface area (Å²) in [4.78, 5) is 14.1. The number of likely N-dealkylation sites (tertiary alicyclic amines) is 1. The van der Waals surface area contributed by atoms with Crippen LogP contribution in [-0.4, -0.2) is 30.4 Å². The summed E-state index contributed by atoms with van der Waals surface area (Å²) in [5.41, 5.74) is 5.94. The first-order valence-electron chi connectivity index (χ1n) is 7.46. The van der Waals surface area contributed by atoms with Gasteiger partial charge in [-0.2, -0.15) is 0 Å². The number of hydrogen-bond acceptors (Lipinski definition) is 2. The van der Waals surface area contributed by atoms with Crippen LogP contribution < -0.4 is 5.73 Å². The summed E-state index contributed by atoms with van der Waals surface area (Å²) in [6.07, 6.45) is 6.40. The van der Waals surface area contributed by atoms with Crippen LogP contribution in [0, 0.1) is 11.3 Å². The van der Waals surface area contributed by atoms with Crippen molar-refractivity contribution in [2.75, 3.05) is 19.6 Å². The van der Waals surface area contributed by atoms with E-state index in [1.165, 1.54) is 12.8 Å². The fraction of sp³-hybridized carbons (Fsp3) is 0.933. The zero-order valence-corrected chi connectivity index (χ0v) is 12.4. The summed E-state index contributed by atoms with van der Waals surface area (Å²) in [5.74, 6) is 1.11. The highest BCUT2D eigenvalue weighted by Gasteiger charge is 2.22. The predicted octanol–water partition coefficient (Wildman–Crippen LogP) is 2.79. The van der Waals surface area contributed by atoms with Crippen molar-refractivity contribution in [1.29, 1.82) is 0 Å². The van der Waals surface area contributed by atoms with Gasteiger partial charge >= 0.3 is 0 Å². The number of rotatable bonds is 6. The quantitative estimate of drug-likeness (QED) is 0.792. The fourth-order valence-corrected chi connectivity index (χ4v) is 2.59. The van der Waals surface area contributed by atoms with E-state index in [0.717, 1.165) is 51.2 Å². The van der Waals surface area contributed by atoms with E-state index in [1.54, 1.807) is 0 Å². The van der Waals surface area contributed by atoms with Crippen LogP contribution in [0.4, 0.5) is 0 Å².